The number of anilines is 1. The third-order valence-electron chi connectivity index (χ3n) is 4.35. The Morgan fingerprint density at radius 1 is 1.25 bits per heavy atom. The Hall–Kier alpha value is -3.64. The maximum absolute atomic E-state index is 15.2. The molecule has 3 heterocycles. The minimum Gasteiger partial charge on any atom is -0.480 e. The Kier molecular flexibility index (Phi) is 5.72. The van der Waals surface area contributed by atoms with Crippen LogP contribution in [-0.4, -0.2) is 41.7 Å². The highest BCUT2D eigenvalue weighted by atomic mass is 35.5. The van der Waals surface area contributed by atoms with E-state index in [-0.39, 0.29) is 38.4 Å². The van der Waals surface area contributed by atoms with Gasteiger partial charge >= 0.3 is 5.97 Å². The van der Waals surface area contributed by atoms with Gasteiger partial charge in [0.05, 0.1) is 40.8 Å². The van der Waals surface area contributed by atoms with Gasteiger partial charge in [0, 0.05) is 12.4 Å². The average molecular weight is 480 g/mol. The van der Waals surface area contributed by atoms with Gasteiger partial charge in [-0.1, -0.05) is 11.6 Å². The second kappa shape index (κ2) is 8.48. The first kappa shape index (κ1) is 21.6. The van der Waals surface area contributed by atoms with Gasteiger partial charge in [0.15, 0.2) is 22.5 Å². The van der Waals surface area contributed by atoms with Gasteiger partial charge in [0.25, 0.3) is 0 Å². The van der Waals surface area contributed by atoms with Crippen molar-refractivity contribution in [2.45, 2.75) is 4.90 Å². The SMILES string of the molecule is COc1ncc(Cl)cc1S(=O)Nc1ccc(F)c(-c2cn3cnc(C(=O)O)c3cn2)c1F. The predicted molar refractivity (Wildman–Crippen MR) is 111 cm³/mol. The number of halogens is 3. The van der Waals surface area contributed by atoms with Crippen LogP contribution < -0.4 is 9.46 Å². The van der Waals surface area contributed by atoms with Gasteiger partial charge in [0.1, 0.15) is 17.0 Å². The van der Waals surface area contributed by atoms with Crippen LogP contribution in [0.1, 0.15) is 10.5 Å². The lowest BCUT2D eigenvalue weighted by atomic mass is 10.1. The Morgan fingerprint density at radius 3 is 2.75 bits per heavy atom. The topological polar surface area (TPSA) is 119 Å². The average Bonchev–Trinajstić information content (AvgIpc) is 3.19. The van der Waals surface area contributed by atoms with Crippen molar-refractivity contribution >= 4 is 39.8 Å². The summed E-state index contributed by atoms with van der Waals surface area (Å²) >= 11 is 5.89. The molecule has 0 aliphatic heterocycles. The number of imidazole rings is 1. The normalized spacial score (nSPS) is 12.0. The number of rotatable bonds is 6. The molecule has 1 aromatic carbocycles. The summed E-state index contributed by atoms with van der Waals surface area (Å²) in [6.07, 6.45) is 4.87. The number of nitrogens with zero attached hydrogens (tertiary/aromatic N) is 4. The van der Waals surface area contributed by atoms with Crippen molar-refractivity contribution in [3.8, 4) is 17.1 Å². The van der Waals surface area contributed by atoms with E-state index >= 15 is 4.39 Å². The molecule has 0 saturated heterocycles. The van der Waals surface area contributed by atoms with Crippen molar-refractivity contribution in [1.29, 1.82) is 0 Å². The highest BCUT2D eigenvalue weighted by Gasteiger charge is 2.21. The zero-order valence-corrected chi connectivity index (χ0v) is 17.6. The molecule has 1 unspecified atom stereocenters. The molecular weight excluding hydrogens is 468 g/mol. The number of carboxylic acid groups (broad SMARTS) is 1. The molecule has 0 fully saturated rings. The van der Waals surface area contributed by atoms with Crippen molar-refractivity contribution < 1.29 is 27.6 Å². The first-order chi connectivity index (χ1) is 15.3. The highest BCUT2D eigenvalue weighted by Crippen LogP contribution is 2.31. The van der Waals surface area contributed by atoms with Crippen LogP contribution in [0.25, 0.3) is 16.8 Å². The molecule has 164 valence electrons. The third-order valence-corrected chi connectivity index (χ3v) is 5.65. The van der Waals surface area contributed by atoms with Crippen LogP contribution in [-0.2, 0) is 11.0 Å². The number of ether oxygens (including phenoxy) is 1. The van der Waals surface area contributed by atoms with Gasteiger partial charge in [-0.05, 0) is 18.2 Å². The Labute approximate surface area is 186 Å². The molecule has 4 rings (SSSR count). The van der Waals surface area contributed by atoms with E-state index in [9.17, 15) is 13.4 Å². The van der Waals surface area contributed by atoms with Crippen LogP contribution in [0.4, 0.5) is 14.5 Å². The fourth-order valence-electron chi connectivity index (χ4n) is 2.91. The van der Waals surface area contributed by atoms with Crippen molar-refractivity contribution in [3.05, 3.63) is 65.5 Å². The molecule has 0 radical (unpaired) electrons. The standard InChI is InChI=1S/C19H12ClF2N5O4S/c1-31-18-14(4-9(20)5-24-18)32(30)26-11-3-2-10(21)15(16(11)22)12-7-27-8-25-17(19(28)29)13(27)6-23-12/h2-8,26H,1H3,(H,28,29). The van der Waals surface area contributed by atoms with Crippen molar-refractivity contribution in [1.82, 2.24) is 19.4 Å². The van der Waals surface area contributed by atoms with E-state index in [1.54, 1.807) is 0 Å². The summed E-state index contributed by atoms with van der Waals surface area (Å²) in [5.41, 5.74) is -1.01. The largest absolute Gasteiger partial charge is 0.480 e. The molecule has 2 N–H and O–H groups in total. The number of carbonyl (C=O) groups is 1. The summed E-state index contributed by atoms with van der Waals surface area (Å²) in [6.45, 7) is 0. The number of methoxy groups -OCH3 is 1. The quantitative estimate of drug-likeness (QED) is 0.434. The summed E-state index contributed by atoms with van der Waals surface area (Å²) < 4.78 is 51.3. The van der Waals surface area contributed by atoms with Crippen molar-refractivity contribution in [2.75, 3.05) is 11.8 Å². The maximum atomic E-state index is 15.2. The van der Waals surface area contributed by atoms with Crippen LogP contribution in [0.3, 0.4) is 0 Å². The number of aromatic carboxylic acids is 1. The van der Waals surface area contributed by atoms with E-state index in [1.807, 2.05) is 0 Å². The Balaban J connectivity index is 1.74. The van der Waals surface area contributed by atoms with E-state index in [0.29, 0.717) is 0 Å². The molecule has 0 spiro atoms. The summed E-state index contributed by atoms with van der Waals surface area (Å²) in [4.78, 5) is 22.9. The first-order valence-corrected chi connectivity index (χ1v) is 10.2. The number of hydrogen-bond acceptors (Lipinski definition) is 6. The van der Waals surface area contributed by atoms with Gasteiger partial charge < -0.3 is 14.2 Å². The molecule has 0 aliphatic carbocycles. The van der Waals surface area contributed by atoms with Gasteiger partial charge in [-0.25, -0.2) is 27.8 Å². The molecule has 13 heteroatoms. The number of carboxylic acids is 1. The van der Waals surface area contributed by atoms with Crippen LogP contribution in [0.5, 0.6) is 5.88 Å². The summed E-state index contributed by atoms with van der Waals surface area (Å²) in [7, 11) is -0.726. The zero-order valence-electron chi connectivity index (χ0n) is 16.0. The molecule has 9 nitrogen and oxygen atoms in total. The van der Waals surface area contributed by atoms with Crippen LogP contribution in [0.2, 0.25) is 5.02 Å². The van der Waals surface area contributed by atoms with E-state index in [0.717, 1.165) is 18.3 Å². The van der Waals surface area contributed by atoms with Crippen molar-refractivity contribution in [2.24, 2.45) is 0 Å². The summed E-state index contributed by atoms with van der Waals surface area (Å²) in [5.74, 6) is -3.23. The maximum Gasteiger partial charge on any atom is 0.356 e. The van der Waals surface area contributed by atoms with Gasteiger partial charge in [-0.15, -0.1) is 0 Å². The highest BCUT2D eigenvalue weighted by molar-refractivity contribution is 7.86. The number of hydrogen-bond donors (Lipinski definition) is 2. The number of benzene rings is 1. The minimum absolute atomic E-state index is 0.0180. The fourth-order valence-corrected chi connectivity index (χ4v) is 4.12. The van der Waals surface area contributed by atoms with E-state index < -0.39 is 34.2 Å². The number of pyridine rings is 1. The van der Waals surface area contributed by atoms with Gasteiger partial charge in [-0.3, -0.25) is 9.71 Å². The second-order valence-electron chi connectivity index (χ2n) is 6.28. The van der Waals surface area contributed by atoms with E-state index in [1.165, 1.54) is 36.3 Å². The van der Waals surface area contributed by atoms with Crippen LogP contribution in [0.15, 0.2) is 48.0 Å². The zero-order chi connectivity index (χ0) is 23.0. The lowest BCUT2D eigenvalue weighted by Crippen LogP contribution is -2.10. The fraction of sp³-hybridized carbons (Fsp3) is 0.0526. The number of nitrogens with one attached hydrogen (secondary N) is 1. The van der Waals surface area contributed by atoms with E-state index in [2.05, 4.69) is 19.7 Å². The van der Waals surface area contributed by atoms with Gasteiger partial charge in [-0.2, -0.15) is 0 Å². The smallest absolute Gasteiger partial charge is 0.356 e. The summed E-state index contributed by atoms with van der Waals surface area (Å²) in [6, 6.07) is 3.40. The number of aromatic nitrogens is 4. The molecular formula is C19H12ClF2N5O4S. The van der Waals surface area contributed by atoms with Gasteiger partial charge in [0.2, 0.25) is 5.88 Å². The first-order valence-electron chi connectivity index (χ1n) is 8.72. The van der Waals surface area contributed by atoms with Crippen LogP contribution in [0, 0.1) is 11.6 Å². The van der Waals surface area contributed by atoms with Crippen molar-refractivity contribution in [3.63, 3.8) is 0 Å². The molecule has 32 heavy (non-hydrogen) atoms. The number of fused-ring (bicyclic) bond motifs is 1. The monoisotopic (exact) mass is 479 g/mol. The molecule has 0 bridgehead atoms. The molecule has 0 amide bonds. The Morgan fingerprint density at radius 2 is 2.03 bits per heavy atom. The third kappa shape index (κ3) is 3.85. The lowest BCUT2D eigenvalue weighted by Gasteiger charge is -2.13. The minimum atomic E-state index is -2.05. The Bertz CT molecular complexity index is 1400. The molecule has 0 aliphatic rings. The molecule has 1 atom stereocenters. The second-order valence-corrected chi connectivity index (χ2v) is 7.90. The van der Waals surface area contributed by atoms with E-state index in [4.69, 9.17) is 21.4 Å². The summed E-state index contributed by atoms with van der Waals surface area (Å²) in [5, 5.41) is 9.32. The lowest BCUT2D eigenvalue weighted by molar-refractivity contribution is 0.0693. The van der Waals surface area contributed by atoms with Crippen LogP contribution >= 0.6 is 11.6 Å². The molecule has 0 saturated carbocycles. The predicted octanol–water partition coefficient (Wildman–Crippen LogP) is 3.56. The molecule has 3 aromatic heterocycles. The molecule has 4 aromatic rings.